The average molecular weight is 410 g/mol. The fourth-order valence-electron chi connectivity index (χ4n) is 3.46. The Morgan fingerprint density at radius 2 is 1.61 bits per heavy atom. The molecular formula is C21H23N4OPS. The second-order valence-electron chi connectivity index (χ2n) is 6.54. The van der Waals surface area contributed by atoms with Gasteiger partial charge in [-0.05, 0) is 43.0 Å². The Morgan fingerprint density at radius 1 is 1.00 bits per heavy atom. The predicted molar refractivity (Wildman–Crippen MR) is 119 cm³/mol. The number of hydrogen-bond donors (Lipinski definition) is 0. The van der Waals surface area contributed by atoms with Crippen molar-refractivity contribution in [3.63, 3.8) is 0 Å². The minimum Gasteiger partial charge on any atom is -0.431 e. The molecule has 1 aliphatic heterocycles. The van der Waals surface area contributed by atoms with Crippen LogP contribution in [0.5, 0.6) is 0 Å². The van der Waals surface area contributed by atoms with E-state index in [1.165, 1.54) is 0 Å². The number of para-hydroxylation sites is 1. The van der Waals surface area contributed by atoms with Crippen LogP contribution in [-0.2, 0) is 16.3 Å². The third-order valence-corrected chi connectivity index (χ3v) is 9.11. The molecule has 0 radical (unpaired) electrons. The molecule has 0 fully saturated rings. The van der Waals surface area contributed by atoms with Crippen LogP contribution in [0.15, 0.2) is 65.7 Å². The first-order chi connectivity index (χ1) is 13.6. The van der Waals surface area contributed by atoms with Crippen LogP contribution in [0.25, 0.3) is 5.69 Å². The van der Waals surface area contributed by atoms with E-state index in [9.17, 15) is 0 Å². The molecule has 0 spiro atoms. The lowest BCUT2D eigenvalue weighted by molar-refractivity contribution is 0.447. The maximum absolute atomic E-state index is 6.51. The van der Waals surface area contributed by atoms with Gasteiger partial charge in [0.1, 0.15) is 5.30 Å². The van der Waals surface area contributed by atoms with E-state index in [1.807, 2.05) is 72.3 Å². The summed E-state index contributed by atoms with van der Waals surface area (Å²) in [6, 6.07) is 20.0. The van der Waals surface area contributed by atoms with Gasteiger partial charge in [-0.1, -0.05) is 50.2 Å². The lowest BCUT2D eigenvalue weighted by Crippen LogP contribution is -2.31. The Hall–Kier alpha value is -2.27. The van der Waals surface area contributed by atoms with Crippen molar-refractivity contribution in [2.45, 2.75) is 20.8 Å². The van der Waals surface area contributed by atoms with Crippen LogP contribution in [0.1, 0.15) is 25.1 Å². The maximum Gasteiger partial charge on any atom is 0.227 e. The molecule has 0 amide bonds. The van der Waals surface area contributed by atoms with Gasteiger partial charge < -0.3 is 4.52 Å². The van der Waals surface area contributed by atoms with Gasteiger partial charge in [-0.3, -0.25) is 0 Å². The van der Waals surface area contributed by atoms with Crippen molar-refractivity contribution >= 4 is 35.2 Å². The van der Waals surface area contributed by atoms with Crippen molar-refractivity contribution in [3.05, 3.63) is 71.9 Å². The standard InChI is InChI=1S/C21H23N4OPS/c1-4-24(5-2)27(28)19-16(3)23-25(18-14-10-7-11-15-18)20(19)22-21(26-27)17-12-8-6-9-13-17/h6-15H,4-5H2,1-3H3. The Labute approximate surface area is 170 Å². The summed E-state index contributed by atoms with van der Waals surface area (Å²) in [4.78, 5) is 4.89. The molecular weight excluding hydrogens is 387 g/mol. The Morgan fingerprint density at radius 3 is 2.21 bits per heavy atom. The van der Waals surface area contributed by atoms with Gasteiger partial charge in [-0.2, -0.15) is 10.1 Å². The first-order valence-corrected chi connectivity index (χ1v) is 12.1. The number of fused-ring (bicyclic) bond motifs is 1. The molecule has 144 valence electrons. The molecule has 5 nitrogen and oxygen atoms in total. The molecule has 0 saturated heterocycles. The van der Waals surface area contributed by atoms with E-state index in [4.69, 9.17) is 26.4 Å². The molecule has 7 heteroatoms. The molecule has 0 N–H and O–H groups in total. The molecule has 3 aromatic rings. The fraction of sp³-hybridized carbons (Fsp3) is 0.238. The third-order valence-electron chi connectivity index (χ3n) is 4.83. The number of aliphatic imine (C=N–C) groups is 1. The Balaban J connectivity index is 1.99. The van der Waals surface area contributed by atoms with Crippen LogP contribution in [-0.4, -0.2) is 33.4 Å². The molecule has 0 aliphatic carbocycles. The fourth-order valence-corrected chi connectivity index (χ4v) is 7.47. The highest BCUT2D eigenvalue weighted by Crippen LogP contribution is 2.56. The van der Waals surface area contributed by atoms with Gasteiger partial charge in [-0.15, -0.1) is 0 Å². The second-order valence-corrected chi connectivity index (χ2v) is 10.3. The zero-order chi connectivity index (χ0) is 19.7. The van der Waals surface area contributed by atoms with E-state index in [0.717, 1.165) is 41.2 Å². The summed E-state index contributed by atoms with van der Waals surface area (Å²) in [5, 5.41) is 5.75. The zero-order valence-corrected chi connectivity index (χ0v) is 18.0. The summed E-state index contributed by atoms with van der Waals surface area (Å²) in [5.41, 5.74) is 2.77. The number of aryl methyl sites for hydroxylation is 1. The predicted octanol–water partition coefficient (Wildman–Crippen LogP) is 4.57. The van der Waals surface area contributed by atoms with Gasteiger partial charge in [0.05, 0.1) is 11.4 Å². The van der Waals surface area contributed by atoms with Gasteiger partial charge in [0, 0.05) is 18.7 Å². The number of hydrogen-bond acceptors (Lipinski definition) is 4. The number of aromatic nitrogens is 2. The van der Waals surface area contributed by atoms with Gasteiger partial charge >= 0.3 is 0 Å². The molecule has 28 heavy (non-hydrogen) atoms. The third kappa shape index (κ3) is 3.12. The molecule has 0 saturated carbocycles. The molecule has 4 rings (SSSR count). The van der Waals surface area contributed by atoms with Crippen LogP contribution in [0.2, 0.25) is 0 Å². The van der Waals surface area contributed by atoms with E-state index in [-0.39, 0.29) is 0 Å². The Bertz CT molecular complexity index is 1060. The van der Waals surface area contributed by atoms with Crippen LogP contribution in [0.3, 0.4) is 0 Å². The number of rotatable bonds is 5. The highest BCUT2D eigenvalue weighted by Gasteiger charge is 2.40. The number of nitrogens with zero attached hydrogens (tertiary/aromatic N) is 4. The van der Waals surface area contributed by atoms with Crippen molar-refractivity contribution in [1.82, 2.24) is 14.5 Å². The van der Waals surface area contributed by atoms with Crippen LogP contribution in [0, 0.1) is 6.92 Å². The molecule has 1 atom stereocenters. The SMILES string of the molecule is CCN(CC)P1(=S)OC(c2ccccc2)=Nc2c1c(C)nn2-c1ccccc1. The molecule has 0 bridgehead atoms. The monoisotopic (exact) mass is 410 g/mol. The molecule has 2 aromatic carbocycles. The van der Waals surface area contributed by atoms with Gasteiger partial charge in [0.2, 0.25) is 12.3 Å². The normalized spacial score (nSPS) is 18.5. The van der Waals surface area contributed by atoms with E-state index in [1.54, 1.807) is 0 Å². The average Bonchev–Trinajstić information content (AvgIpc) is 3.07. The highest BCUT2D eigenvalue weighted by molar-refractivity contribution is 8.15. The summed E-state index contributed by atoms with van der Waals surface area (Å²) < 4.78 is 10.6. The quantitative estimate of drug-likeness (QED) is 0.578. The van der Waals surface area contributed by atoms with Crippen molar-refractivity contribution in [3.8, 4) is 5.69 Å². The van der Waals surface area contributed by atoms with Crippen molar-refractivity contribution in [1.29, 1.82) is 0 Å². The Kier molecular flexibility index (Phi) is 5.19. The summed E-state index contributed by atoms with van der Waals surface area (Å²) in [5.74, 6) is 1.35. The molecule has 1 aromatic heterocycles. The van der Waals surface area contributed by atoms with Crippen molar-refractivity contribution < 1.29 is 4.52 Å². The lowest BCUT2D eigenvalue weighted by atomic mass is 10.2. The lowest BCUT2D eigenvalue weighted by Gasteiger charge is -2.35. The maximum atomic E-state index is 6.51. The van der Waals surface area contributed by atoms with Crippen molar-refractivity contribution in [2.75, 3.05) is 13.1 Å². The highest BCUT2D eigenvalue weighted by atomic mass is 32.4. The van der Waals surface area contributed by atoms with Crippen molar-refractivity contribution in [2.24, 2.45) is 4.99 Å². The van der Waals surface area contributed by atoms with E-state index < -0.39 is 6.42 Å². The van der Waals surface area contributed by atoms with E-state index in [2.05, 4.69) is 18.5 Å². The smallest absolute Gasteiger partial charge is 0.227 e. The molecule has 1 aliphatic rings. The molecule has 1 unspecified atom stereocenters. The van der Waals surface area contributed by atoms with Crippen LogP contribution in [0.4, 0.5) is 5.82 Å². The summed E-state index contributed by atoms with van der Waals surface area (Å²) >= 11 is 6.24. The minimum atomic E-state index is -2.52. The summed E-state index contributed by atoms with van der Waals surface area (Å²) in [6.45, 7) is 7.85. The largest absolute Gasteiger partial charge is 0.431 e. The topological polar surface area (TPSA) is 42.6 Å². The first kappa shape index (κ1) is 19.1. The van der Waals surface area contributed by atoms with Gasteiger partial charge in [0.15, 0.2) is 5.82 Å². The molecule has 2 heterocycles. The van der Waals surface area contributed by atoms with Crippen LogP contribution < -0.4 is 5.30 Å². The first-order valence-electron chi connectivity index (χ1n) is 9.43. The minimum absolute atomic E-state index is 0.570. The van der Waals surface area contributed by atoms with E-state index in [0.29, 0.717) is 5.90 Å². The van der Waals surface area contributed by atoms with Crippen LogP contribution >= 0.6 is 6.42 Å². The zero-order valence-electron chi connectivity index (χ0n) is 16.2. The van der Waals surface area contributed by atoms with Gasteiger partial charge in [0.25, 0.3) is 0 Å². The summed E-state index contributed by atoms with van der Waals surface area (Å²) in [6.07, 6.45) is -2.52. The van der Waals surface area contributed by atoms with E-state index >= 15 is 0 Å². The van der Waals surface area contributed by atoms with Gasteiger partial charge in [-0.25, -0.2) is 9.35 Å². The second kappa shape index (κ2) is 7.63. The number of benzene rings is 2. The summed E-state index contributed by atoms with van der Waals surface area (Å²) in [7, 11) is 0.